The van der Waals surface area contributed by atoms with Crippen LogP contribution in [0.5, 0.6) is 11.5 Å². The molecular formula is C33H51NO5. The molecule has 1 fully saturated rings. The molecule has 5 rings (SSSR count). The summed E-state index contributed by atoms with van der Waals surface area (Å²) in [6.45, 7) is 3.27. The van der Waals surface area contributed by atoms with E-state index in [1.165, 1.54) is 81.8 Å². The number of unbranched alkanes of at least 4 members (excludes halogenated alkanes) is 12. The van der Waals surface area contributed by atoms with Crippen LogP contribution in [0.2, 0.25) is 0 Å². The number of rotatable bonds is 14. The Morgan fingerprint density at radius 3 is 2.21 bits per heavy atom. The minimum atomic E-state index is -0.655. The van der Waals surface area contributed by atoms with Gasteiger partial charge in [-0.1, -0.05) is 102 Å². The number of carboxylic acid groups (broad SMARTS) is 1. The predicted molar refractivity (Wildman–Crippen MR) is 156 cm³/mol. The van der Waals surface area contributed by atoms with E-state index in [-0.39, 0.29) is 17.3 Å². The van der Waals surface area contributed by atoms with Crippen molar-refractivity contribution in [1.82, 2.24) is 4.90 Å². The van der Waals surface area contributed by atoms with Gasteiger partial charge in [0, 0.05) is 29.4 Å². The van der Waals surface area contributed by atoms with E-state index < -0.39 is 12.1 Å². The van der Waals surface area contributed by atoms with Crippen molar-refractivity contribution in [2.75, 3.05) is 13.6 Å². The summed E-state index contributed by atoms with van der Waals surface area (Å²) in [5.74, 6) is 0.535. The lowest BCUT2D eigenvalue weighted by molar-refractivity contribution is -0.137. The van der Waals surface area contributed by atoms with Crippen molar-refractivity contribution in [1.29, 1.82) is 0 Å². The molecule has 6 nitrogen and oxygen atoms in total. The second-order valence-corrected chi connectivity index (χ2v) is 12.3. The van der Waals surface area contributed by atoms with Gasteiger partial charge in [0.1, 0.15) is 12.2 Å². The van der Waals surface area contributed by atoms with Gasteiger partial charge in [0.05, 0.1) is 0 Å². The van der Waals surface area contributed by atoms with Crippen LogP contribution in [0, 0.1) is 5.92 Å². The number of hydrogen-bond donors (Lipinski definition) is 3. The highest BCUT2D eigenvalue weighted by Gasteiger charge is 2.64. The molecule has 5 atom stereocenters. The largest absolute Gasteiger partial charge is 0.504 e. The van der Waals surface area contributed by atoms with Crippen molar-refractivity contribution in [3.63, 3.8) is 0 Å². The number of ether oxygens (including phenoxy) is 1. The van der Waals surface area contributed by atoms with Crippen molar-refractivity contribution < 1.29 is 24.9 Å². The molecule has 2 bridgehead atoms. The summed E-state index contributed by atoms with van der Waals surface area (Å²) in [5, 5.41) is 29.1. The summed E-state index contributed by atoms with van der Waals surface area (Å²) in [6, 6.07) is 4.23. The number of carboxylic acids is 1. The van der Waals surface area contributed by atoms with E-state index in [0.717, 1.165) is 32.2 Å². The van der Waals surface area contributed by atoms with Gasteiger partial charge in [-0.15, -0.1) is 0 Å². The number of nitrogens with zero attached hydrogens (tertiary/aromatic N) is 1. The molecule has 2 aliphatic carbocycles. The number of aromatic hydroxyl groups is 1. The third-order valence-electron chi connectivity index (χ3n) is 9.64. The van der Waals surface area contributed by atoms with Crippen LogP contribution in [-0.2, 0) is 16.6 Å². The average molecular weight is 542 g/mol. The topological polar surface area (TPSA) is 90.2 Å². The van der Waals surface area contributed by atoms with Crippen molar-refractivity contribution >= 4 is 5.97 Å². The van der Waals surface area contributed by atoms with E-state index in [0.29, 0.717) is 24.1 Å². The first-order valence-electron chi connectivity index (χ1n) is 15.7. The van der Waals surface area contributed by atoms with Crippen LogP contribution in [0.4, 0.5) is 0 Å². The number of aliphatic carboxylic acids is 1. The summed E-state index contributed by atoms with van der Waals surface area (Å²) in [4.78, 5) is 12.7. The fraction of sp³-hybridized carbons (Fsp3) is 0.727. The van der Waals surface area contributed by atoms with E-state index in [9.17, 15) is 15.0 Å². The van der Waals surface area contributed by atoms with E-state index in [1.54, 1.807) is 6.07 Å². The SMILES string of the molecule is CCCCCCCCCCCCCCCC(=O)O.CN1CC[C@]23c4c5ccc(O)c4O[C@H]2[C@@H](O)C=C[C@H]3[C@H]1C5. The lowest BCUT2D eigenvalue weighted by Gasteiger charge is -2.56. The molecule has 1 spiro atoms. The van der Waals surface area contributed by atoms with Gasteiger partial charge >= 0.3 is 5.97 Å². The number of benzene rings is 1. The molecule has 0 unspecified atom stereocenters. The first-order chi connectivity index (χ1) is 18.9. The molecule has 0 aromatic heterocycles. The van der Waals surface area contributed by atoms with Gasteiger partial charge in [-0.3, -0.25) is 4.79 Å². The molecule has 4 aliphatic rings. The van der Waals surface area contributed by atoms with Gasteiger partial charge < -0.3 is 25.0 Å². The highest BCUT2D eigenvalue weighted by Crippen LogP contribution is 2.62. The first-order valence-corrected chi connectivity index (χ1v) is 15.7. The van der Waals surface area contributed by atoms with Crippen LogP contribution in [0.25, 0.3) is 0 Å². The van der Waals surface area contributed by atoms with Gasteiger partial charge in [0.2, 0.25) is 0 Å². The van der Waals surface area contributed by atoms with Crippen LogP contribution in [0.1, 0.15) is 114 Å². The number of carbonyl (C=O) groups is 1. The standard InChI is InChI=1S/C17H19NO3.C16H32O2/c1-18-7-6-17-10-3-5-13(20)16(17)21-15-12(19)4-2-9(14(15)17)8-11(10)18;1-2-3-4-5-6-7-8-9-10-11-12-13-14-15-16(17)18/h2-5,10-11,13,16,19-20H,6-8H2,1H3;2-15H2,1H3,(H,17,18)/t10-,11+,13-,16-,17-;/m0./s1. The number of phenols is 1. The molecule has 0 radical (unpaired) electrons. The Bertz CT molecular complexity index is 977. The maximum Gasteiger partial charge on any atom is 0.303 e. The Labute approximate surface area is 235 Å². The van der Waals surface area contributed by atoms with Gasteiger partial charge in [-0.2, -0.15) is 0 Å². The van der Waals surface area contributed by atoms with Crippen molar-refractivity contribution in [2.24, 2.45) is 5.92 Å². The quantitative estimate of drug-likeness (QED) is 0.178. The Balaban J connectivity index is 0.000000185. The third-order valence-corrected chi connectivity index (χ3v) is 9.64. The summed E-state index contributed by atoms with van der Waals surface area (Å²) < 4.78 is 6.09. The van der Waals surface area contributed by atoms with Crippen LogP contribution < -0.4 is 4.74 Å². The molecule has 2 aliphatic heterocycles. The molecule has 1 aromatic rings. The molecule has 218 valence electrons. The van der Waals surface area contributed by atoms with E-state index >= 15 is 0 Å². The smallest absolute Gasteiger partial charge is 0.303 e. The average Bonchev–Trinajstić information content (AvgIpc) is 3.28. The zero-order chi connectivity index (χ0) is 27.8. The fourth-order valence-electron chi connectivity index (χ4n) is 7.53. The number of likely N-dealkylation sites (N-methyl/N-ethyl adjacent to an activating group) is 1. The minimum absolute atomic E-state index is 0.160. The van der Waals surface area contributed by atoms with E-state index in [4.69, 9.17) is 9.84 Å². The summed E-state index contributed by atoms with van der Waals surface area (Å²) in [5.41, 5.74) is 2.29. The molecule has 6 heteroatoms. The fourth-order valence-corrected chi connectivity index (χ4v) is 7.53. The van der Waals surface area contributed by atoms with E-state index in [1.807, 2.05) is 12.1 Å². The Kier molecular flexibility index (Phi) is 10.8. The molecule has 3 N–H and O–H groups in total. The molecule has 1 aromatic carbocycles. The molecule has 0 saturated carbocycles. The Hall–Kier alpha value is -2.05. The second kappa shape index (κ2) is 14.0. The van der Waals surface area contributed by atoms with Crippen LogP contribution in [-0.4, -0.2) is 58.0 Å². The number of likely N-dealkylation sites (tertiary alicyclic amines) is 1. The molecular weight excluding hydrogens is 490 g/mol. The highest BCUT2D eigenvalue weighted by molar-refractivity contribution is 5.66. The number of phenolic OH excluding ortho intramolecular Hbond substituents is 1. The summed E-state index contributed by atoms with van der Waals surface area (Å²) >= 11 is 0. The van der Waals surface area contributed by atoms with Gasteiger partial charge in [0.15, 0.2) is 11.5 Å². The van der Waals surface area contributed by atoms with Gasteiger partial charge in [0.25, 0.3) is 0 Å². The lowest BCUT2D eigenvalue weighted by atomic mass is 9.53. The number of aliphatic hydroxyl groups excluding tert-OH is 1. The molecule has 0 amide bonds. The zero-order valence-corrected chi connectivity index (χ0v) is 24.2. The third kappa shape index (κ3) is 6.65. The van der Waals surface area contributed by atoms with Crippen LogP contribution in [0.3, 0.4) is 0 Å². The summed E-state index contributed by atoms with van der Waals surface area (Å²) in [6.07, 6.45) is 22.4. The highest BCUT2D eigenvalue weighted by atomic mass is 16.5. The lowest BCUT2D eigenvalue weighted by Crippen LogP contribution is -2.64. The maximum absolute atomic E-state index is 10.4. The Morgan fingerprint density at radius 1 is 0.974 bits per heavy atom. The van der Waals surface area contributed by atoms with Crippen molar-refractivity contribution in [3.05, 3.63) is 35.4 Å². The Morgan fingerprint density at radius 2 is 1.59 bits per heavy atom. The predicted octanol–water partition coefficient (Wildman–Crippen LogP) is 6.75. The minimum Gasteiger partial charge on any atom is -0.504 e. The van der Waals surface area contributed by atoms with Gasteiger partial charge in [-0.05, 0) is 44.5 Å². The van der Waals surface area contributed by atoms with Crippen molar-refractivity contribution in [2.45, 2.75) is 133 Å². The van der Waals surface area contributed by atoms with E-state index in [2.05, 4.69) is 24.9 Å². The number of aliphatic hydroxyl groups is 1. The monoisotopic (exact) mass is 541 g/mol. The molecule has 39 heavy (non-hydrogen) atoms. The van der Waals surface area contributed by atoms with Gasteiger partial charge in [-0.25, -0.2) is 0 Å². The van der Waals surface area contributed by atoms with Crippen LogP contribution >= 0.6 is 0 Å². The first kappa shape index (κ1) is 29.9. The maximum atomic E-state index is 10.4. The van der Waals surface area contributed by atoms with Crippen LogP contribution in [0.15, 0.2) is 24.3 Å². The molecule has 2 heterocycles. The second-order valence-electron chi connectivity index (χ2n) is 12.3. The number of piperidine rings is 1. The zero-order valence-electron chi connectivity index (χ0n) is 24.2. The molecule has 1 saturated heterocycles. The van der Waals surface area contributed by atoms with Crippen molar-refractivity contribution in [3.8, 4) is 11.5 Å². The summed E-state index contributed by atoms with van der Waals surface area (Å²) in [7, 11) is 2.19. The normalized spacial score (nSPS) is 27.9. The number of hydrogen-bond acceptors (Lipinski definition) is 5.